The molecule has 1 aliphatic rings. The number of ether oxygens (including phenoxy) is 2. The zero-order valence-electron chi connectivity index (χ0n) is 16.5. The highest BCUT2D eigenvalue weighted by Gasteiger charge is 2.17. The van der Waals surface area contributed by atoms with Gasteiger partial charge < -0.3 is 24.6 Å². The summed E-state index contributed by atoms with van der Waals surface area (Å²) in [5.74, 6) is -0.966. The number of rotatable bonds is 7. The van der Waals surface area contributed by atoms with Crippen molar-refractivity contribution in [1.82, 2.24) is 4.90 Å². The Labute approximate surface area is 173 Å². The van der Waals surface area contributed by atoms with Gasteiger partial charge in [0.1, 0.15) is 5.75 Å². The fourth-order valence-electron chi connectivity index (χ4n) is 3.09. The zero-order chi connectivity index (χ0) is 21.5. The molecule has 7 nitrogen and oxygen atoms in total. The van der Waals surface area contributed by atoms with E-state index >= 15 is 0 Å². The maximum absolute atomic E-state index is 12.5. The summed E-state index contributed by atoms with van der Waals surface area (Å²) in [6.07, 6.45) is 0. The summed E-state index contributed by atoms with van der Waals surface area (Å²) >= 11 is 0. The molecule has 0 aromatic heterocycles. The lowest BCUT2D eigenvalue weighted by Gasteiger charge is -2.28. The van der Waals surface area contributed by atoms with Gasteiger partial charge in [-0.05, 0) is 42.5 Å². The standard InChI is InChI=1S/C21H23F2N3O4/c1-25(20(28)15-3-2-4-18(13-15)30-21(22)23)14-19(27)24-16-5-7-17(8-6-16)26-9-11-29-12-10-26/h2-8,13,21H,9-12,14H2,1H3,(H,24,27). The molecule has 0 radical (unpaired) electrons. The second kappa shape index (κ2) is 10.0. The Bertz CT molecular complexity index is 871. The first kappa shape index (κ1) is 21.5. The first-order valence-electron chi connectivity index (χ1n) is 9.45. The van der Waals surface area contributed by atoms with Crippen molar-refractivity contribution in [1.29, 1.82) is 0 Å². The molecular weight excluding hydrogens is 396 g/mol. The molecule has 2 aromatic rings. The van der Waals surface area contributed by atoms with Crippen molar-refractivity contribution in [2.75, 3.05) is 50.1 Å². The first-order valence-corrected chi connectivity index (χ1v) is 9.45. The fraction of sp³-hybridized carbons (Fsp3) is 0.333. The van der Waals surface area contributed by atoms with Crippen LogP contribution in [0, 0.1) is 0 Å². The maximum Gasteiger partial charge on any atom is 0.387 e. The highest BCUT2D eigenvalue weighted by atomic mass is 19.3. The highest BCUT2D eigenvalue weighted by molar-refractivity contribution is 5.99. The second-order valence-electron chi connectivity index (χ2n) is 6.76. The Morgan fingerprint density at radius 3 is 2.53 bits per heavy atom. The van der Waals surface area contributed by atoms with Crippen LogP contribution in [-0.4, -0.2) is 63.2 Å². The number of hydrogen-bond acceptors (Lipinski definition) is 5. The van der Waals surface area contributed by atoms with Gasteiger partial charge in [-0.3, -0.25) is 9.59 Å². The number of alkyl halides is 2. The van der Waals surface area contributed by atoms with Crippen molar-refractivity contribution in [2.45, 2.75) is 6.61 Å². The number of morpholine rings is 1. The molecule has 30 heavy (non-hydrogen) atoms. The third-order valence-corrected chi connectivity index (χ3v) is 4.56. The maximum atomic E-state index is 12.5. The van der Waals surface area contributed by atoms with Crippen LogP contribution in [0.1, 0.15) is 10.4 Å². The van der Waals surface area contributed by atoms with Crippen LogP contribution >= 0.6 is 0 Å². The van der Waals surface area contributed by atoms with Crippen LogP contribution in [0.15, 0.2) is 48.5 Å². The summed E-state index contributed by atoms with van der Waals surface area (Å²) in [6, 6.07) is 12.9. The van der Waals surface area contributed by atoms with Crippen LogP contribution in [0.25, 0.3) is 0 Å². The molecule has 0 spiro atoms. The molecule has 0 unspecified atom stereocenters. The Morgan fingerprint density at radius 2 is 1.87 bits per heavy atom. The van der Waals surface area contributed by atoms with Crippen molar-refractivity contribution in [3.63, 3.8) is 0 Å². The molecule has 0 atom stereocenters. The van der Waals surface area contributed by atoms with E-state index in [4.69, 9.17) is 4.74 Å². The number of carbonyl (C=O) groups excluding carboxylic acids is 2. The van der Waals surface area contributed by atoms with Gasteiger partial charge in [-0.15, -0.1) is 0 Å². The monoisotopic (exact) mass is 419 g/mol. The highest BCUT2D eigenvalue weighted by Crippen LogP contribution is 2.19. The number of carbonyl (C=O) groups is 2. The summed E-state index contributed by atoms with van der Waals surface area (Å²) in [7, 11) is 1.46. The normalized spacial score (nSPS) is 13.8. The lowest BCUT2D eigenvalue weighted by Crippen LogP contribution is -2.36. The van der Waals surface area contributed by atoms with E-state index in [0.29, 0.717) is 18.9 Å². The molecule has 3 rings (SSSR count). The molecule has 0 saturated carbocycles. The van der Waals surface area contributed by atoms with E-state index in [1.807, 2.05) is 12.1 Å². The van der Waals surface area contributed by atoms with Crippen LogP contribution < -0.4 is 15.0 Å². The van der Waals surface area contributed by atoms with Gasteiger partial charge in [-0.2, -0.15) is 8.78 Å². The Morgan fingerprint density at radius 1 is 1.17 bits per heavy atom. The molecule has 0 aliphatic carbocycles. The Hall–Kier alpha value is -3.20. The quantitative estimate of drug-likeness (QED) is 0.747. The predicted molar refractivity (Wildman–Crippen MR) is 108 cm³/mol. The van der Waals surface area contributed by atoms with Crippen molar-refractivity contribution in [2.24, 2.45) is 0 Å². The van der Waals surface area contributed by atoms with Crippen LogP contribution in [0.5, 0.6) is 5.75 Å². The van der Waals surface area contributed by atoms with Crippen LogP contribution in [0.4, 0.5) is 20.2 Å². The Kier molecular flexibility index (Phi) is 7.18. The number of halogens is 2. The van der Waals surface area contributed by atoms with Gasteiger partial charge in [0.05, 0.1) is 19.8 Å². The first-order chi connectivity index (χ1) is 14.4. The molecule has 160 valence electrons. The van der Waals surface area contributed by atoms with Gasteiger partial charge in [0, 0.05) is 37.1 Å². The number of benzene rings is 2. The van der Waals surface area contributed by atoms with E-state index in [9.17, 15) is 18.4 Å². The van der Waals surface area contributed by atoms with Gasteiger partial charge in [0.15, 0.2) is 0 Å². The number of nitrogens with zero attached hydrogens (tertiary/aromatic N) is 2. The van der Waals surface area contributed by atoms with Gasteiger partial charge in [0.2, 0.25) is 5.91 Å². The Balaban J connectivity index is 1.54. The lowest BCUT2D eigenvalue weighted by molar-refractivity contribution is -0.116. The van der Waals surface area contributed by atoms with Gasteiger partial charge in [-0.1, -0.05) is 6.07 Å². The third-order valence-electron chi connectivity index (χ3n) is 4.56. The van der Waals surface area contributed by atoms with E-state index in [-0.39, 0.29) is 23.8 Å². The second-order valence-corrected chi connectivity index (χ2v) is 6.76. The molecular formula is C21H23F2N3O4. The number of nitrogens with one attached hydrogen (secondary N) is 1. The average molecular weight is 419 g/mol. The largest absolute Gasteiger partial charge is 0.435 e. The smallest absolute Gasteiger partial charge is 0.387 e. The van der Waals surface area contributed by atoms with Crippen molar-refractivity contribution in [3.05, 3.63) is 54.1 Å². The molecule has 1 aliphatic heterocycles. The summed E-state index contributed by atoms with van der Waals surface area (Å²) in [5, 5.41) is 2.75. The fourth-order valence-corrected chi connectivity index (χ4v) is 3.09. The minimum Gasteiger partial charge on any atom is -0.435 e. The number of anilines is 2. The predicted octanol–water partition coefficient (Wildman–Crippen LogP) is 2.84. The summed E-state index contributed by atoms with van der Waals surface area (Å²) in [5.41, 5.74) is 1.82. The summed E-state index contributed by atoms with van der Waals surface area (Å²) < 4.78 is 34.3. The van der Waals surface area contributed by atoms with Crippen LogP contribution in [0.2, 0.25) is 0 Å². The molecule has 9 heteroatoms. The van der Waals surface area contributed by atoms with Crippen molar-refractivity contribution in [3.8, 4) is 5.75 Å². The van der Waals surface area contributed by atoms with Gasteiger partial charge in [0.25, 0.3) is 5.91 Å². The van der Waals surface area contributed by atoms with E-state index in [1.54, 1.807) is 12.1 Å². The molecule has 2 aromatic carbocycles. The van der Waals surface area contributed by atoms with Crippen LogP contribution in [0.3, 0.4) is 0 Å². The average Bonchev–Trinajstić information content (AvgIpc) is 2.74. The minimum absolute atomic E-state index is 0.117. The molecule has 1 heterocycles. The number of amides is 2. The number of hydrogen-bond donors (Lipinski definition) is 1. The summed E-state index contributed by atoms with van der Waals surface area (Å²) in [6.45, 7) is -0.145. The zero-order valence-corrected chi connectivity index (χ0v) is 16.5. The van der Waals surface area contributed by atoms with E-state index in [0.717, 1.165) is 18.8 Å². The molecule has 1 saturated heterocycles. The van der Waals surface area contributed by atoms with Crippen molar-refractivity contribution < 1.29 is 27.8 Å². The van der Waals surface area contributed by atoms with E-state index in [1.165, 1.54) is 36.2 Å². The minimum atomic E-state index is -2.98. The SMILES string of the molecule is CN(CC(=O)Nc1ccc(N2CCOCC2)cc1)C(=O)c1cccc(OC(F)F)c1. The third kappa shape index (κ3) is 5.90. The summed E-state index contributed by atoms with van der Waals surface area (Å²) in [4.78, 5) is 28.2. The van der Waals surface area contributed by atoms with E-state index < -0.39 is 12.5 Å². The molecule has 2 amide bonds. The lowest BCUT2D eigenvalue weighted by atomic mass is 10.2. The van der Waals surface area contributed by atoms with E-state index in [2.05, 4.69) is 15.0 Å². The number of likely N-dealkylation sites (N-methyl/N-ethyl adjacent to an activating group) is 1. The van der Waals surface area contributed by atoms with Crippen LogP contribution in [-0.2, 0) is 9.53 Å². The topological polar surface area (TPSA) is 71.1 Å². The molecule has 0 bridgehead atoms. The molecule has 1 N–H and O–H groups in total. The van der Waals surface area contributed by atoms with Gasteiger partial charge in [-0.25, -0.2) is 0 Å². The van der Waals surface area contributed by atoms with Crippen molar-refractivity contribution >= 4 is 23.2 Å². The molecule has 1 fully saturated rings. The van der Waals surface area contributed by atoms with Gasteiger partial charge >= 0.3 is 6.61 Å².